The number of nitrogens with one attached hydrogen (secondary N) is 1. The van der Waals surface area contributed by atoms with Gasteiger partial charge in [0.05, 0.1) is 0 Å². The molecule has 0 aromatic heterocycles. The van der Waals surface area contributed by atoms with E-state index in [1.165, 1.54) is 20.8 Å². The summed E-state index contributed by atoms with van der Waals surface area (Å²) in [5, 5.41) is 3.10. The van der Waals surface area contributed by atoms with Crippen LogP contribution in [0.15, 0.2) is 24.3 Å². The van der Waals surface area contributed by atoms with Gasteiger partial charge in [0.2, 0.25) is 12.2 Å². The SMILES string of the molecule is CC(=O)N[C@@H]1[C@@H](Oc2ccc(Cl)cc2)O[C@@H](COC(C)=O)[C@@H](OC(C)=O)[C@@H]1OC(C)=O. The highest BCUT2D eigenvalue weighted by molar-refractivity contribution is 6.30. The summed E-state index contributed by atoms with van der Waals surface area (Å²) in [4.78, 5) is 46.7. The van der Waals surface area contributed by atoms with Gasteiger partial charge in [0, 0.05) is 32.7 Å². The summed E-state index contributed by atoms with van der Waals surface area (Å²) in [6.45, 7) is 4.49. The van der Waals surface area contributed by atoms with E-state index in [2.05, 4.69) is 5.32 Å². The van der Waals surface area contributed by atoms with E-state index < -0.39 is 54.5 Å². The number of halogens is 1. The fourth-order valence-corrected chi connectivity index (χ4v) is 3.16. The van der Waals surface area contributed by atoms with Gasteiger partial charge >= 0.3 is 17.9 Å². The zero-order chi connectivity index (χ0) is 23.1. The minimum absolute atomic E-state index is 0.307. The Bertz CT molecular complexity index is 813. The van der Waals surface area contributed by atoms with Gasteiger partial charge in [-0.1, -0.05) is 11.6 Å². The van der Waals surface area contributed by atoms with E-state index in [-0.39, 0.29) is 6.61 Å². The van der Waals surface area contributed by atoms with Gasteiger partial charge in [-0.2, -0.15) is 0 Å². The van der Waals surface area contributed by atoms with E-state index in [0.717, 1.165) is 6.92 Å². The van der Waals surface area contributed by atoms with Crippen molar-refractivity contribution >= 4 is 35.4 Å². The van der Waals surface area contributed by atoms with Crippen LogP contribution in [0.25, 0.3) is 0 Å². The van der Waals surface area contributed by atoms with E-state index in [9.17, 15) is 19.2 Å². The monoisotopic (exact) mass is 457 g/mol. The van der Waals surface area contributed by atoms with Gasteiger partial charge < -0.3 is 29.0 Å². The molecule has 10 nitrogen and oxygen atoms in total. The lowest BCUT2D eigenvalue weighted by Gasteiger charge is -2.44. The lowest BCUT2D eigenvalue weighted by atomic mass is 9.96. The molecule has 1 amide bonds. The normalized spacial score (nSPS) is 25.1. The van der Waals surface area contributed by atoms with Crippen LogP contribution < -0.4 is 10.1 Å². The smallest absolute Gasteiger partial charge is 0.303 e. The third-order valence-electron chi connectivity index (χ3n) is 4.14. The second-order valence-corrected chi connectivity index (χ2v) is 7.23. The Labute approximate surface area is 184 Å². The molecule has 0 saturated carbocycles. The van der Waals surface area contributed by atoms with Gasteiger partial charge in [-0.05, 0) is 24.3 Å². The van der Waals surface area contributed by atoms with Crippen LogP contribution in [-0.4, -0.2) is 61.1 Å². The lowest BCUT2D eigenvalue weighted by molar-refractivity contribution is -0.257. The Morgan fingerprint density at radius 3 is 2.03 bits per heavy atom. The highest BCUT2D eigenvalue weighted by Gasteiger charge is 2.51. The molecule has 0 unspecified atom stereocenters. The highest BCUT2D eigenvalue weighted by Crippen LogP contribution is 2.29. The van der Waals surface area contributed by atoms with Crippen LogP contribution in [0.2, 0.25) is 5.02 Å². The number of hydrogen-bond donors (Lipinski definition) is 1. The molecule has 0 aliphatic carbocycles. The molecule has 5 atom stereocenters. The molecule has 31 heavy (non-hydrogen) atoms. The van der Waals surface area contributed by atoms with Gasteiger partial charge in [-0.25, -0.2) is 0 Å². The number of carbonyl (C=O) groups is 4. The van der Waals surface area contributed by atoms with Crippen molar-refractivity contribution in [2.45, 2.75) is 58.3 Å². The van der Waals surface area contributed by atoms with Gasteiger partial charge in [-0.3, -0.25) is 19.2 Å². The average molecular weight is 458 g/mol. The molecule has 1 saturated heterocycles. The molecule has 1 aromatic carbocycles. The maximum Gasteiger partial charge on any atom is 0.303 e. The fraction of sp³-hybridized carbons (Fsp3) is 0.500. The average Bonchev–Trinajstić information content (AvgIpc) is 2.65. The Balaban J connectivity index is 2.43. The Hall–Kier alpha value is -2.85. The van der Waals surface area contributed by atoms with E-state index in [1.807, 2.05) is 0 Å². The maximum atomic E-state index is 11.9. The van der Waals surface area contributed by atoms with Crippen LogP contribution in [0, 0.1) is 0 Å². The first-order chi connectivity index (χ1) is 14.6. The van der Waals surface area contributed by atoms with E-state index in [4.69, 9.17) is 35.3 Å². The first kappa shape index (κ1) is 24.4. The standard InChI is InChI=1S/C20H24ClNO9/c1-10(23)22-17-19(29-13(4)26)18(28-12(3)25)16(9-27-11(2)24)31-20(17)30-15-7-5-14(21)6-8-15/h5-8,16-20H,9H2,1-4H3,(H,22,23)/t16-,17-,18+,19+,20-/m0/s1. The van der Waals surface area contributed by atoms with Gasteiger partial charge in [-0.15, -0.1) is 0 Å². The van der Waals surface area contributed by atoms with Crippen molar-refractivity contribution in [3.8, 4) is 5.75 Å². The first-order valence-corrected chi connectivity index (χ1v) is 9.77. The topological polar surface area (TPSA) is 126 Å². The number of hydrogen-bond acceptors (Lipinski definition) is 9. The van der Waals surface area contributed by atoms with Crippen molar-refractivity contribution in [1.29, 1.82) is 0 Å². The Kier molecular flexibility index (Phi) is 8.64. The highest BCUT2D eigenvalue weighted by atomic mass is 35.5. The largest absolute Gasteiger partial charge is 0.463 e. The molecule has 1 aromatic rings. The lowest BCUT2D eigenvalue weighted by Crippen LogP contribution is -2.67. The molecular formula is C20H24ClNO9. The third-order valence-corrected chi connectivity index (χ3v) is 4.39. The van der Waals surface area contributed by atoms with Crippen molar-refractivity contribution < 1.29 is 42.9 Å². The van der Waals surface area contributed by atoms with Crippen molar-refractivity contribution in [3.63, 3.8) is 0 Å². The molecule has 0 spiro atoms. The van der Waals surface area contributed by atoms with E-state index >= 15 is 0 Å². The second kappa shape index (κ2) is 11.0. The van der Waals surface area contributed by atoms with Crippen LogP contribution in [0.1, 0.15) is 27.7 Å². The minimum Gasteiger partial charge on any atom is -0.463 e. The number of amides is 1. The molecular weight excluding hydrogens is 434 g/mol. The van der Waals surface area contributed by atoms with Crippen LogP contribution >= 0.6 is 11.6 Å². The van der Waals surface area contributed by atoms with Gasteiger partial charge in [0.1, 0.15) is 24.5 Å². The Morgan fingerprint density at radius 2 is 1.52 bits per heavy atom. The number of esters is 3. The molecule has 0 radical (unpaired) electrons. The summed E-state index contributed by atoms with van der Waals surface area (Å²) < 4.78 is 27.5. The minimum atomic E-state index is -1.18. The predicted octanol–water partition coefficient (Wildman–Crippen LogP) is 1.37. The summed E-state index contributed by atoms with van der Waals surface area (Å²) in [6, 6.07) is 5.30. The maximum absolute atomic E-state index is 11.9. The zero-order valence-corrected chi connectivity index (χ0v) is 18.2. The first-order valence-electron chi connectivity index (χ1n) is 9.39. The summed E-state index contributed by atoms with van der Waals surface area (Å²) in [5.41, 5.74) is 0. The van der Waals surface area contributed by atoms with Gasteiger partial charge in [0.15, 0.2) is 12.2 Å². The van der Waals surface area contributed by atoms with Crippen LogP contribution in [0.3, 0.4) is 0 Å². The molecule has 1 aliphatic rings. The van der Waals surface area contributed by atoms with Crippen LogP contribution in [0.4, 0.5) is 0 Å². The fourth-order valence-electron chi connectivity index (χ4n) is 3.04. The van der Waals surface area contributed by atoms with E-state index in [1.54, 1.807) is 24.3 Å². The van der Waals surface area contributed by atoms with E-state index in [0.29, 0.717) is 10.8 Å². The number of rotatable bonds is 7. The summed E-state index contributed by atoms with van der Waals surface area (Å²) in [7, 11) is 0. The number of ether oxygens (including phenoxy) is 5. The summed E-state index contributed by atoms with van der Waals surface area (Å²) in [6.07, 6.45) is -4.58. The Morgan fingerprint density at radius 1 is 0.935 bits per heavy atom. The van der Waals surface area contributed by atoms with Crippen molar-refractivity contribution in [2.24, 2.45) is 0 Å². The van der Waals surface area contributed by atoms with Crippen molar-refractivity contribution in [1.82, 2.24) is 5.32 Å². The quantitative estimate of drug-likeness (QED) is 0.477. The molecule has 1 heterocycles. The zero-order valence-electron chi connectivity index (χ0n) is 17.5. The molecule has 1 N–H and O–H groups in total. The third kappa shape index (κ3) is 7.41. The van der Waals surface area contributed by atoms with Crippen molar-refractivity contribution in [3.05, 3.63) is 29.3 Å². The second-order valence-electron chi connectivity index (χ2n) is 6.79. The summed E-state index contributed by atoms with van der Waals surface area (Å²) in [5.74, 6) is -2.07. The molecule has 1 fully saturated rings. The van der Waals surface area contributed by atoms with Crippen molar-refractivity contribution in [2.75, 3.05) is 6.61 Å². The molecule has 2 rings (SSSR count). The molecule has 0 bridgehead atoms. The number of carbonyl (C=O) groups excluding carboxylic acids is 4. The molecule has 1 aliphatic heterocycles. The number of benzene rings is 1. The summed E-state index contributed by atoms with van der Waals surface area (Å²) >= 11 is 5.90. The predicted molar refractivity (Wildman–Crippen MR) is 106 cm³/mol. The van der Waals surface area contributed by atoms with Crippen LogP contribution in [-0.2, 0) is 38.1 Å². The van der Waals surface area contributed by atoms with Crippen LogP contribution in [0.5, 0.6) is 5.75 Å². The molecule has 170 valence electrons. The molecule has 11 heteroatoms. The van der Waals surface area contributed by atoms with Gasteiger partial charge in [0.25, 0.3) is 0 Å².